The summed E-state index contributed by atoms with van der Waals surface area (Å²) in [5.41, 5.74) is 2.97. The monoisotopic (exact) mass is 425 g/mol. The first kappa shape index (κ1) is 21.5. The largest absolute Gasteiger partial charge is 0.390 e. The lowest BCUT2D eigenvalue weighted by molar-refractivity contribution is 0.0838. The Balaban J connectivity index is 1.32. The molecule has 0 bridgehead atoms. The average molecular weight is 426 g/mol. The number of hydrogen-bond donors (Lipinski definition) is 4. The van der Waals surface area contributed by atoms with Crippen molar-refractivity contribution in [1.82, 2.24) is 25.5 Å². The van der Waals surface area contributed by atoms with Gasteiger partial charge in [-0.2, -0.15) is 4.98 Å². The zero-order valence-corrected chi connectivity index (χ0v) is 18.1. The summed E-state index contributed by atoms with van der Waals surface area (Å²) in [4.78, 5) is 25.5. The van der Waals surface area contributed by atoms with Gasteiger partial charge in [-0.1, -0.05) is 24.3 Å². The molecule has 2 aliphatic heterocycles. The molecular formula is C22H31N7O2. The number of aromatic nitrogens is 2. The van der Waals surface area contributed by atoms with E-state index >= 15 is 0 Å². The maximum atomic E-state index is 12.7. The first-order chi connectivity index (χ1) is 15.0. The van der Waals surface area contributed by atoms with Crippen LogP contribution in [-0.2, 0) is 13.0 Å². The highest BCUT2D eigenvalue weighted by Crippen LogP contribution is 2.18. The van der Waals surface area contributed by atoms with Crippen molar-refractivity contribution in [3.05, 3.63) is 47.2 Å². The summed E-state index contributed by atoms with van der Waals surface area (Å²) < 4.78 is 0. The number of carbonyl (C=O) groups is 1. The molecule has 31 heavy (non-hydrogen) atoms. The lowest BCUT2D eigenvalue weighted by Crippen LogP contribution is -2.51. The molecule has 0 saturated carbocycles. The Hall–Kier alpha value is -2.75. The molecule has 3 heterocycles. The van der Waals surface area contributed by atoms with Crippen molar-refractivity contribution in [2.24, 2.45) is 0 Å². The molecule has 1 aromatic heterocycles. The predicted octanol–water partition coefficient (Wildman–Crippen LogP) is 0.0753. The molecule has 1 unspecified atom stereocenters. The van der Waals surface area contributed by atoms with Gasteiger partial charge < -0.3 is 26.0 Å². The van der Waals surface area contributed by atoms with Crippen LogP contribution in [0, 0.1) is 0 Å². The SMILES string of the molecule is CN(C)c1nc(NC2CNC2)cc(C(=O)NCC(O)CN2CCc3ccccc3C2)n1. The Labute approximate surface area is 182 Å². The van der Waals surface area contributed by atoms with Crippen molar-refractivity contribution in [1.29, 1.82) is 0 Å². The van der Waals surface area contributed by atoms with Crippen LogP contribution in [0.4, 0.5) is 11.8 Å². The number of nitrogens with zero attached hydrogens (tertiary/aromatic N) is 4. The Morgan fingerprint density at radius 1 is 1.29 bits per heavy atom. The molecule has 1 amide bonds. The number of fused-ring (bicyclic) bond motifs is 1. The van der Waals surface area contributed by atoms with Crippen LogP contribution in [0.2, 0.25) is 0 Å². The molecule has 166 valence electrons. The number of aliphatic hydroxyl groups is 1. The fraction of sp³-hybridized carbons (Fsp3) is 0.500. The van der Waals surface area contributed by atoms with Crippen LogP contribution < -0.4 is 20.9 Å². The van der Waals surface area contributed by atoms with Gasteiger partial charge in [-0.15, -0.1) is 0 Å². The summed E-state index contributed by atoms with van der Waals surface area (Å²) in [5.74, 6) is 0.779. The topological polar surface area (TPSA) is 106 Å². The van der Waals surface area contributed by atoms with Gasteiger partial charge in [0.15, 0.2) is 0 Å². The number of aliphatic hydroxyl groups excluding tert-OH is 1. The third kappa shape index (κ3) is 5.49. The normalized spacial score (nSPS) is 17.4. The second-order valence-electron chi connectivity index (χ2n) is 8.45. The Morgan fingerprint density at radius 2 is 2.06 bits per heavy atom. The van der Waals surface area contributed by atoms with Crippen molar-refractivity contribution < 1.29 is 9.90 Å². The molecule has 0 radical (unpaired) electrons. The van der Waals surface area contributed by atoms with Gasteiger partial charge in [0.25, 0.3) is 5.91 Å². The summed E-state index contributed by atoms with van der Waals surface area (Å²) in [6, 6.07) is 10.4. The third-order valence-electron chi connectivity index (χ3n) is 5.66. The van der Waals surface area contributed by atoms with Gasteiger partial charge >= 0.3 is 0 Å². The molecule has 4 rings (SSSR count). The van der Waals surface area contributed by atoms with Gasteiger partial charge in [-0.3, -0.25) is 9.69 Å². The van der Waals surface area contributed by atoms with E-state index in [9.17, 15) is 9.90 Å². The highest BCUT2D eigenvalue weighted by atomic mass is 16.3. The summed E-state index contributed by atoms with van der Waals surface area (Å²) in [5, 5.41) is 19.8. The highest BCUT2D eigenvalue weighted by Gasteiger charge is 2.21. The Bertz CT molecular complexity index is 916. The van der Waals surface area contributed by atoms with Crippen LogP contribution in [0.1, 0.15) is 21.6 Å². The summed E-state index contributed by atoms with van der Waals surface area (Å²) >= 11 is 0. The molecule has 0 aliphatic carbocycles. The average Bonchev–Trinajstić information content (AvgIpc) is 2.74. The molecule has 4 N–H and O–H groups in total. The third-order valence-corrected chi connectivity index (χ3v) is 5.66. The molecule has 1 aromatic carbocycles. The van der Waals surface area contributed by atoms with E-state index in [-0.39, 0.29) is 18.1 Å². The lowest BCUT2D eigenvalue weighted by Gasteiger charge is -2.30. The van der Waals surface area contributed by atoms with Crippen LogP contribution >= 0.6 is 0 Å². The van der Waals surface area contributed by atoms with Crippen LogP contribution in [0.3, 0.4) is 0 Å². The van der Waals surface area contributed by atoms with Gasteiger partial charge in [0.05, 0.1) is 12.1 Å². The number of hydrogen-bond acceptors (Lipinski definition) is 8. The molecule has 9 heteroatoms. The number of amides is 1. The molecule has 0 spiro atoms. The number of anilines is 2. The molecule has 1 fully saturated rings. The molecule has 9 nitrogen and oxygen atoms in total. The zero-order chi connectivity index (χ0) is 21.8. The van der Waals surface area contributed by atoms with Crippen LogP contribution in [0.25, 0.3) is 0 Å². The fourth-order valence-electron chi connectivity index (χ4n) is 3.80. The lowest BCUT2D eigenvalue weighted by atomic mass is 10.00. The fourth-order valence-corrected chi connectivity index (χ4v) is 3.80. The van der Waals surface area contributed by atoms with E-state index in [0.29, 0.717) is 24.4 Å². The minimum absolute atomic E-state index is 0.174. The van der Waals surface area contributed by atoms with E-state index in [2.05, 4.69) is 49.0 Å². The van der Waals surface area contributed by atoms with E-state index in [0.717, 1.165) is 32.6 Å². The first-order valence-electron chi connectivity index (χ1n) is 10.8. The number of β-amino-alcohol motifs (C(OH)–C–C–N with tert-alkyl or cyclic N) is 1. The van der Waals surface area contributed by atoms with E-state index < -0.39 is 6.10 Å². The van der Waals surface area contributed by atoms with Crippen molar-refractivity contribution in [2.75, 3.05) is 57.0 Å². The van der Waals surface area contributed by atoms with Gasteiger partial charge in [-0.25, -0.2) is 4.98 Å². The molecule has 2 aromatic rings. The van der Waals surface area contributed by atoms with E-state index in [1.54, 1.807) is 11.0 Å². The van der Waals surface area contributed by atoms with E-state index in [4.69, 9.17) is 0 Å². The maximum Gasteiger partial charge on any atom is 0.270 e. The summed E-state index contributed by atoms with van der Waals surface area (Å²) in [6.45, 7) is 4.16. The Kier molecular flexibility index (Phi) is 6.64. The van der Waals surface area contributed by atoms with Crippen molar-refractivity contribution in [2.45, 2.75) is 25.1 Å². The molecule has 1 atom stereocenters. The van der Waals surface area contributed by atoms with E-state index in [1.165, 1.54) is 11.1 Å². The molecular weight excluding hydrogens is 394 g/mol. The minimum atomic E-state index is -0.650. The molecule has 1 saturated heterocycles. The number of benzene rings is 1. The maximum absolute atomic E-state index is 12.7. The molecule has 2 aliphatic rings. The van der Waals surface area contributed by atoms with Gasteiger partial charge in [0.1, 0.15) is 11.5 Å². The summed E-state index contributed by atoms with van der Waals surface area (Å²) in [6.07, 6.45) is 0.332. The number of nitrogens with one attached hydrogen (secondary N) is 3. The van der Waals surface area contributed by atoms with Crippen LogP contribution in [0.15, 0.2) is 30.3 Å². The summed E-state index contributed by atoms with van der Waals surface area (Å²) in [7, 11) is 3.68. The Morgan fingerprint density at radius 3 is 2.77 bits per heavy atom. The van der Waals surface area contributed by atoms with Gasteiger partial charge in [0, 0.05) is 59.4 Å². The van der Waals surface area contributed by atoms with Crippen molar-refractivity contribution in [3.63, 3.8) is 0 Å². The van der Waals surface area contributed by atoms with Crippen LogP contribution in [0.5, 0.6) is 0 Å². The predicted molar refractivity (Wildman–Crippen MR) is 120 cm³/mol. The van der Waals surface area contributed by atoms with E-state index in [1.807, 2.05) is 20.2 Å². The van der Waals surface area contributed by atoms with Gasteiger partial charge in [-0.05, 0) is 17.5 Å². The zero-order valence-electron chi connectivity index (χ0n) is 18.1. The van der Waals surface area contributed by atoms with Gasteiger partial charge in [0.2, 0.25) is 5.95 Å². The smallest absolute Gasteiger partial charge is 0.270 e. The van der Waals surface area contributed by atoms with Crippen molar-refractivity contribution >= 4 is 17.7 Å². The van der Waals surface area contributed by atoms with Crippen molar-refractivity contribution in [3.8, 4) is 0 Å². The quantitative estimate of drug-likeness (QED) is 0.471. The van der Waals surface area contributed by atoms with Crippen LogP contribution in [-0.4, -0.2) is 84.8 Å². The second-order valence-corrected chi connectivity index (χ2v) is 8.45. The standard InChI is InChI=1S/C22H31N7O2/c1-28(2)22-26-19(9-20(27-22)25-17-10-23-11-17)21(31)24-12-18(30)14-29-8-7-15-5-3-4-6-16(15)13-29/h3-6,9,17-18,23,30H,7-8,10-14H2,1-2H3,(H,24,31)(H,25,26,27). The second kappa shape index (κ2) is 9.59. The number of carbonyl (C=O) groups excluding carboxylic acids is 1. The first-order valence-corrected chi connectivity index (χ1v) is 10.8. The minimum Gasteiger partial charge on any atom is -0.390 e. The number of rotatable bonds is 8. The highest BCUT2D eigenvalue weighted by molar-refractivity contribution is 5.93.